The SMILES string of the molecule is Cc1ccc(C(C)NCc2ccncn2)c(C)c1. The first-order valence-electron chi connectivity index (χ1n) is 6.22. The summed E-state index contributed by atoms with van der Waals surface area (Å²) in [5, 5.41) is 3.49. The van der Waals surface area contributed by atoms with Crippen molar-refractivity contribution in [2.45, 2.75) is 33.4 Å². The Hall–Kier alpha value is -1.74. The number of hydrogen-bond donors (Lipinski definition) is 1. The second-order valence-electron chi connectivity index (χ2n) is 4.66. The zero-order valence-electron chi connectivity index (χ0n) is 11.1. The molecule has 3 nitrogen and oxygen atoms in total. The maximum absolute atomic E-state index is 4.21. The molecule has 2 rings (SSSR count). The number of hydrogen-bond acceptors (Lipinski definition) is 3. The van der Waals surface area contributed by atoms with Crippen LogP contribution in [0, 0.1) is 13.8 Å². The van der Waals surface area contributed by atoms with Gasteiger partial charge in [0, 0.05) is 18.8 Å². The Morgan fingerprint density at radius 1 is 1.22 bits per heavy atom. The van der Waals surface area contributed by atoms with Crippen molar-refractivity contribution in [1.29, 1.82) is 0 Å². The Balaban J connectivity index is 2.01. The number of nitrogens with zero attached hydrogens (tertiary/aromatic N) is 2. The van der Waals surface area contributed by atoms with E-state index in [4.69, 9.17) is 0 Å². The fourth-order valence-corrected chi connectivity index (χ4v) is 2.10. The van der Waals surface area contributed by atoms with E-state index in [0.717, 1.165) is 12.2 Å². The van der Waals surface area contributed by atoms with Gasteiger partial charge in [-0.25, -0.2) is 9.97 Å². The van der Waals surface area contributed by atoms with Gasteiger partial charge in [0.1, 0.15) is 6.33 Å². The van der Waals surface area contributed by atoms with E-state index in [0.29, 0.717) is 6.04 Å². The van der Waals surface area contributed by atoms with Crippen LogP contribution >= 0.6 is 0 Å². The molecule has 2 aromatic rings. The monoisotopic (exact) mass is 241 g/mol. The summed E-state index contributed by atoms with van der Waals surface area (Å²) >= 11 is 0. The van der Waals surface area contributed by atoms with Gasteiger partial charge in [-0.3, -0.25) is 0 Å². The third kappa shape index (κ3) is 3.14. The number of rotatable bonds is 4. The van der Waals surface area contributed by atoms with Crippen molar-refractivity contribution < 1.29 is 0 Å². The topological polar surface area (TPSA) is 37.8 Å². The van der Waals surface area contributed by atoms with Gasteiger partial charge in [-0.1, -0.05) is 23.8 Å². The molecule has 1 unspecified atom stereocenters. The summed E-state index contributed by atoms with van der Waals surface area (Å²) in [6, 6.07) is 8.83. The molecule has 0 amide bonds. The van der Waals surface area contributed by atoms with Crippen molar-refractivity contribution >= 4 is 0 Å². The largest absolute Gasteiger partial charge is 0.305 e. The van der Waals surface area contributed by atoms with Gasteiger partial charge >= 0.3 is 0 Å². The number of nitrogens with one attached hydrogen (secondary N) is 1. The fraction of sp³-hybridized carbons (Fsp3) is 0.333. The van der Waals surface area contributed by atoms with E-state index < -0.39 is 0 Å². The minimum atomic E-state index is 0.320. The summed E-state index contributed by atoms with van der Waals surface area (Å²) in [6.07, 6.45) is 3.35. The Labute approximate surface area is 108 Å². The van der Waals surface area contributed by atoms with Gasteiger partial charge in [0.15, 0.2) is 0 Å². The third-order valence-corrected chi connectivity index (χ3v) is 3.12. The molecule has 0 radical (unpaired) electrons. The zero-order valence-corrected chi connectivity index (χ0v) is 11.1. The molecule has 94 valence electrons. The maximum Gasteiger partial charge on any atom is 0.115 e. The molecule has 3 heteroatoms. The van der Waals surface area contributed by atoms with Crippen molar-refractivity contribution in [3.05, 3.63) is 59.2 Å². The van der Waals surface area contributed by atoms with Crippen molar-refractivity contribution in [3.8, 4) is 0 Å². The maximum atomic E-state index is 4.21. The van der Waals surface area contributed by atoms with Crippen molar-refractivity contribution in [2.24, 2.45) is 0 Å². The van der Waals surface area contributed by atoms with Crippen LogP contribution < -0.4 is 5.32 Å². The van der Waals surface area contributed by atoms with Gasteiger partial charge in [-0.05, 0) is 38.0 Å². The first kappa shape index (κ1) is 12.7. The normalized spacial score (nSPS) is 12.4. The van der Waals surface area contributed by atoms with Crippen molar-refractivity contribution in [1.82, 2.24) is 15.3 Å². The second-order valence-corrected chi connectivity index (χ2v) is 4.66. The van der Waals surface area contributed by atoms with Crippen LogP contribution in [0.1, 0.15) is 35.3 Å². The van der Waals surface area contributed by atoms with Crippen LogP contribution in [0.5, 0.6) is 0 Å². The molecule has 0 spiro atoms. The van der Waals surface area contributed by atoms with Gasteiger partial charge in [-0.2, -0.15) is 0 Å². The lowest BCUT2D eigenvalue weighted by atomic mass is 10.0. The van der Waals surface area contributed by atoms with Crippen LogP contribution in [0.15, 0.2) is 36.8 Å². The lowest BCUT2D eigenvalue weighted by molar-refractivity contribution is 0.564. The number of benzene rings is 1. The molecule has 0 fully saturated rings. The van der Waals surface area contributed by atoms with E-state index in [-0.39, 0.29) is 0 Å². The van der Waals surface area contributed by atoms with Gasteiger partial charge in [-0.15, -0.1) is 0 Å². The molecule has 0 saturated carbocycles. The Morgan fingerprint density at radius 2 is 2.06 bits per heavy atom. The molecule has 18 heavy (non-hydrogen) atoms. The lowest BCUT2D eigenvalue weighted by Crippen LogP contribution is -2.19. The van der Waals surface area contributed by atoms with Gasteiger partial charge in [0.2, 0.25) is 0 Å². The first-order valence-corrected chi connectivity index (χ1v) is 6.22. The molecule has 1 atom stereocenters. The van der Waals surface area contributed by atoms with E-state index in [2.05, 4.69) is 54.3 Å². The highest BCUT2D eigenvalue weighted by Crippen LogP contribution is 2.18. The number of aromatic nitrogens is 2. The van der Waals surface area contributed by atoms with Crippen LogP contribution in [0.3, 0.4) is 0 Å². The summed E-state index contributed by atoms with van der Waals surface area (Å²) < 4.78 is 0. The van der Waals surface area contributed by atoms with Crippen LogP contribution in [-0.2, 0) is 6.54 Å². The molecule has 0 saturated heterocycles. The van der Waals surface area contributed by atoms with Crippen LogP contribution in [0.4, 0.5) is 0 Å². The molecular weight excluding hydrogens is 222 g/mol. The minimum absolute atomic E-state index is 0.320. The summed E-state index contributed by atoms with van der Waals surface area (Å²) in [5.41, 5.74) is 4.99. The standard InChI is InChI=1S/C15H19N3/c1-11-4-5-15(12(2)8-11)13(3)17-9-14-6-7-16-10-18-14/h4-8,10,13,17H,9H2,1-3H3. The molecule has 1 aromatic carbocycles. The van der Waals surface area contributed by atoms with Crippen LogP contribution in [-0.4, -0.2) is 9.97 Å². The first-order chi connectivity index (χ1) is 8.66. The Bertz CT molecular complexity index is 508. The highest BCUT2D eigenvalue weighted by atomic mass is 14.9. The smallest absolute Gasteiger partial charge is 0.115 e. The third-order valence-electron chi connectivity index (χ3n) is 3.12. The minimum Gasteiger partial charge on any atom is -0.305 e. The van der Waals surface area contributed by atoms with E-state index in [9.17, 15) is 0 Å². The second kappa shape index (κ2) is 5.74. The van der Waals surface area contributed by atoms with Crippen LogP contribution in [0.25, 0.3) is 0 Å². The number of aryl methyl sites for hydroxylation is 2. The molecule has 0 bridgehead atoms. The Morgan fingerprint density at radius 3 is 2.72 bits per heavy atom. The zero-order chi connectivity index (χ0) is 13.0. The fourth-order valence-electron chi connectivity index (χ4n) is 2.10. The van der Waals surface area contributed by atoms with Gasteiger partial charge in [0.05, 0.1) is 5.69 Å². The van der Waals surface area contributed by atoms with Gasteiger partial charge < -0.3 is 5.32 Å². The van der Waals surface area contributed by atoms with E-state index in [1.807, 2.05) is 6.07 Å². The molecule has 1 aromatic heterocycles. The highest BCUT2D eigenvalue weighted by Gasteiger charge is 2.07. The summed E-state index contributed by atoms with van der Waals surface area (Å²) in [7, 11) is 0. The van der Waals surface area contributed by atoms with Gasteiger partial charge in [0.25, 0.3) is 0 Å². The molecule has 0 aliphatic heterocycles. The highest BCUT2D eigenvalue weighted by molar-refractivity contribution is 5.32. The van der Waals surface area contributed by atoms with Crippen LogP contribution in [0.2, 0.25) is 0 Å². The molecular formula is C15H19N3. The summed E-state index contributed by atoms with van der Waals surface area (Å²) in [5.74, 6) is 0. The van der Waals surface area contributed by atoms with E-state index in [1.54, 1.807) is 12.5 Å². The Kier molecular flexibility index (Phi) is 4.05. The summed E-state index contributed by atoms with van der Waals surface area (Å²) in [6.45, 7) is 7.22. The molecule has 1 N–H and O–H groups in total. The average Bonchev–Trinajstić information content (AvgIpc) is 2.37. The van der Waals surface area contributed by atoms with Crippen molar-refractivity contribution in [3.63, 3.8) is 0 Å². The quantitative estimate of drug-likeness (QED) is 0.894. The van der Waals surface area contributed by atoms with Crippen molar-refractivity contribution in [2.75, 3.05) is 0 Å². The van der Waals surface area contributed by atoms with E-state index >= 15 is 0 Å². The average molecular weight is 241 g/mol. The predicted molar refractivity (Wildman–Crippen MR) is 73.2 cm³/mol. The van der Waals surface area contributed by atoms with E-state index in [1.165, 1.54) is 16.7 Å². The summed E-state index contributed by atoms with van der Waals surface area (Å²) in [4.78, 5) is 8.12. The molecule has 0 aliphatic rings. The molecule has 0 aliphatic carbocycles. The predicted octanol–water partition coefficient (Wildman–Crippen LogP) is 2.94. The lowest BCUT2D eigenvalue weighted by Gasteiger charge is -2.16. The molecule has 1 heterocycles.